The minimum atomic E-state index is -0.747. The molecule has 1 aromatic heterocycles. The molecule has 0 unspecified atom stereocenters. The van der Waals surface area contributed by atoms with Crippen LogP contribution >= 0.6 is 0 Å². The zero-order chi connectivity index (χ0) is 18.8. The molecule has 8 heteroatoms. The number of hydrogen-bond donors (Lipinski definition) is 0. The highest BCUT2D eigenvalue weighted by Crippen LogP contribution is 2.26. The van der Waals surface area contributed by atoms with Crippen molar-refractivity contribution < 1.29 is 23.2 Å². The molecule has 0 atom stereocenters. The normalized spacial score (nSPS) is 10.9. The van der Waals surface area contributed by atoms with Crippen LogP contribution in [-0.4, -0.2) is 22.1 Å². The minimum absolute atomic E-state index is 0.0540. The number of halogens is 2. The Morgan fingerprint density at radius 1 is 1.19 bits per heavy atom. The summed E-state index contributed by atoms with van der Waals surface area (Å²) in [5, 5.41) is 11.4. The third-order valence-electron chi connectivity index (χ3n) is 3.92. The highest BCUT2D eigenvalue weighted by atomic mass is 19.1. The molecule has 0 N–H and O–H groups in total. The maximum Gasteiger partial charge on any atom is 0.354 e. The Bertz CT molecular complexity index is 1010. The van der Waals surface area contributed by atoms with E-state index in [1.54, 1.807) is 6.92 Å². The van der Waals surface area contributed by atoms with Crippen molar-refractivity contribution >= 4 is 22.6 Å². The lowest BCUT2D eigenvalue weighted by Crippen LogP contribution is -2.13. The molecule has 0 saturated carbocycles. The van der Waals surface area contributed by atoms with Gasteiger partial charge in [-0.2, -0.15) is 0 Å². The number of aromatic nitrogens is 1. The molecular weight excluding hydrogens is 346 g/mol. The van der Waals surface area contributed by atoms with E-state index in [0.717, 1.165) is 12.1 Å². The quantitative estimate of drug-likeness (QED) is 0.391. The van der Waals surface area contributed by atoms with Gasteiger partial charge in [0.1, 0.15) is 17.3 Å². The molecule has 0 radical (unpaired) electrons. The average Bonchev–Trinajstić information content (AvgIpc) is 2.95. The predicted molar refractivity (Wildman–Crippen MR) is 90.0 cm³/mol. The maximum absolute atomic E-state index is 14.0. The monoisotopic (exact) mass is 360 g/mol. The molecule has 2 aromatic carbocycles. The van der Waals surface area contributed by atoms with E-state index in [0.29, 0.717) is 10.9 Å². The van der Waals surface area contributed by atoms with Gasteiger partial charge in [0.25, 0.3) is 5.69 Å². The van der Waals surface area contributed by atoms with Gasteiger partial charge in [-0.05, 0) is 25.1 Å². The van der Waals surface area contributed by atoms with Crippen LogP contribution in [0.5, 0.6) is 0 Å². The molecule has 0 aliphatic rings. The Hall–Kier alpha value is -3.29. The molecule has 0 amide bonds. The lowest BCUT2D eigenvalue weighted by molar-refractivity contribution is -0.384. The molecule has 0 saturated heterocycles. The third-order valence-corrected chi connectivity index (χ3v) is 3.92. The van der Waals surface area contributed by atoms with Crippen molar-refractivity contribution in [1.82, 2.24) is 4.57 Å². The first-order valence-electron chi connectivity index (χ1n) is 7.79. The van der Waals surface area contributed by atoms with Crippen LogP contribution in [0, 0.1) is 21.7 Å². The maximum atomic E-state index is 14.0. The van der Waals surface area contributed by atoms with Crippen molar-refractivity contribution in [2.75, 3.05) is 6.61 Å². The van der Waals surface area contributed by atoms with Crippen molar-refractivity contribution in [3.05, 3.63) is 75.5 Å². The number of carbonyl (C=O) groups excluding carboxylic acids is 1. The van der Waals surface area contributed by atoms with Gasteiger partial charge in [0.05, 0.1) is 18.1 Å². The molecule has 0 aliphatic carbocycles. The Morgan fingerprint density at radius 3 is 2.62 bits per heavy atom. The Kier molecular flexibility index (Phi) is 4.66. The van der Waals surface area contributed by atoms with Crippen molar-refractivity contribution in [3.8, 4) is 0 Å². The first-order valence-corrected chi connectivity index (χ1v) is 7.79. The van der Waals surface area contributed by atoms with Gasteiger partial charge in [-0.3, -0.25) is 10.1 Å². The minimum Gasteiger partial charge on any atom is -0.461 e. The number of nitrogens with zero attached hydrogens (tertiary/aromatic N) is 2. The summed E-state index contributed by atoms with van der Waals surface area (Å²) in [7, 11) is 0. The zero-order valence-corrected chi connectivity index (χ0v) is 13.7. The van der Waals surface area contributed by atoms with Crippen LogP contribution in [0.25, 0.3) is 10.9 Å². The van der Waals surface area contributed by atoms with Gasteiger partial charge in [0, 0.05) is 34.7 Å². The van der Waals surface area contributed by atoms with Crippen LogP contribution in [0.3, 0.4) is 0 Å². The first kappa shape index (κ1) is 17.5. The predicted octanol–water partition coefficient (Wildman–Crippen LogP) is 4.05. The average molecular weight is 360 g/mol. The molecule has 26 heavy (non-hydrogen) atoms. The number of carbonyl (C=O) groups is 1. The van der Waals surface area contributed by atoms with Gasteiger partial charge in [0.15, 0.2) is 0 Å². The third kappa shape index (κ3) is 3.26. The fourth-order valence-electron chi connectivity index (χ4n) is 2.74. The van der Waals surface area contributed by atoms with Crippen molar-refractivity contribution in [2.24, 2.45) is 0 Å². The molecule has 0 fully saturated rings. The van der Waals surface area contributed by atoms with E-state index in [-0.39, 0.29) is 30.1 Å². The number of fused-ring (bicyclic) bond motifs is 1. The van der Waals surface area contributed by atoms with E-state index in [1.807, 2.05) is 0 Å². The second-order valence-corrected chi connectivity index (χ2v) is 5.57. The van der Waals surface area contributed by atoms with E-state index in [1.165, 1.54) is 34.9 Å². The van der Waals surface area contributed by atoms with Gasteiger partial charge in [-0.1, -0.05) is 6.07 Å². The highest BCUT2D eigenvalue weighted by molar-refractivity contribution is 5.96. The highest BCUT2D eigenvalue weighted by Gasteiger charge is 2.20. The first-order chi connectivity index (χ1) is 12.4. The standard InChI is InChI=1S/C18H14F2N2O4/c1-2-26-18(23)17-8-12-7-14(22(24)25)5-6-16(12)21(17)10-11-3-4-13(19)9-15(11)20/h3-9H,2,10H2,1H3. The summed E-state index contributed by atoms with van der Waals surface area (Å²) in [5.74, 6) is -2.08. The summed E-state index contributed by atoms with van der Waals surface area (Å²) >= 11 is 0. The van der Waals surface area contributed by atoms with Crippen LogP contribution < -0.4 is 0 Å². The van der Waals surface area contributed by atoms with E-state index < -0.39 is 22.5 Å². The SMILES string of the molecule is CCOC(=O)c1cc2cc([N+](=O)[O-])ccc2n1Cc1ccc(F)cc1F. The van der Waals surface area contributed by atoms with Crippen molar-refractivity contribution in [3.63, 3.8) is 0 Å². The number of nitro benzene ring substituents is 1. The summed E-state index contributed by atoms with van der Waals surface area (Å²) in [6, 6.07) is 8.75. The number of benzene rings is 2. The Balaban J connectivity index is 2.15. The summed E-state index contributed by atoms with van der Waals surface area (Å²) in [5.41, 5.74) is 0.680. The number of esters is 1. The summed E-state index contributed by atoms with van der Waals surface area (Å²) in [6.07, 6.45) is 0. The topological polar surface area (TPSA) is 74.4 Å². The van der Waals surface area contributed by atoms with Gasteiger partial charge < -0.3 is 9.30 Å². The molecule has 6 nitrogen and oxygen atoms in total. The van der Waals surface area contributed by atoms with E-state index in [2.05, 4.69) is 0 Å². The van der Waals surface area contributed by atoms with Gasteiger partial charge in [0.2, 0.25) is 0 Å². The van der Waals surface area contributed by atoms with E-state index in [4.69, 9.17) is 4.74 Å². The molecular formula is C18H14F2N2O4. The molecule has 0 aliphatic heterocycles. The molecule has 0 bridgehead atoms. The second kappa shape index (κ2) is 6.91. The van der Waals surface area contributed by atoms with E-state index >= 15 is 0 Å². The van der Waals surface area contributed by atoms with Crippen LogP contribution in [0.2, 0.25) is 0 Å². The molecule has 3 rings (SSSR count). The van der Waals surface area contributed by atoms with E-state index in [9.17, 15) is 23.7 Å². The Labute approximate surface area is 146 Å². The number of hydrogen-bond acceptors (Lipinski definition) is 4. The summed E-state index contributed by atoms with van der Waals surface area (Å²) in [4.78, 5) is 22.7. The van der Waals surface area contributed by atoms with Crippen LogP contribution in [0.1, 0.15) is 23.0 Å². The Morgan fingerprint density at radius 2 is 1.96 bits per heavy atom. The van der Waals surface area contributed by atoms with Gasteiger partial charge in [-0.25, -0.2) is 13.6 Å². The fraction of sp³-hybridized carbons (Fsp3) is 0.167. The van der Waals surface area contributed by atoms with Crippen molar-refractivity contribution in [2.45, 2.75) is 13.5 Å². The van der Waals surface area contributed by atoms with Gasteiger partial charge in [-0.15, -0.1) is 0 Å². The smallest absolute Gasteiger partial charge is 0.354 e. The largest absolute Gasteiger partial charge is 0.461 e. The number of nitro groups is 1. The number of ether oxygens (including phenoxy) is 1. The summed E-state index contributed by atoms with van der Waals surface area (Å²) < 4.78 is 33.7. The molecule has 134 valence electrons. The van der Waals surface area contributed by atoms with Crippen molar-refractivity contribution in [1.29, 1.82) is 0 Å². The van der Waals surface area contributed by atoms with Crippen LogP contribution in [0.4, 0.5) is 14.5 Å². The molecule has 1 heterocycles. The lowest BCUT2D eigenvalue weighted by atomic mass is 10.2. The molecule has 0 spiro atoms. The number of non-ortho nitro benzene ring substituents is 1. The van der Waals surface area contributed by atoms with Crippen LogP contribution in [0.15, 0.2) is 42.5 Å². The lowest BCUT2D eigenvalue weighted by Gasteiger charge is -2.11. The summed E-state index contributed by atoms with van der Waals surface area (Å²) in [6.45, 7) is 1.74. The zero-order valence-electron chi connectivity index (χ0n) is 13.7. The number of rotatable bonds is 5. The second-order valence-electron chi connectivity index (χ2n) is 5.57. The van der Waals surface area contributed by atoms with Crippen LogP contribution in [-0.2, 0) is 11.3 Å². The molecule has 3 aromatic rings. The fourth-order valence-corrected chi connectivity index (χ4v) is 2.74. The van der Waals surface area contributed by atoms with Gasteiger partial charge >= 0.3 is 5.97 Å².